The second kappa shape index (κ2) is 11.1. The average molecular weight is 525 g/mol. The van der Waals surface area contributed by atoms with Gasteiger partial charge in [0.05, 0.1) is 11.3 Å². The molecule has 0 bridgehead atoms. The lowest BCUT2D eigenvalue weighted by Crippen LogP contribution is -2.37. The summed E-state index contributed by atoms with van der Waals surface area (Å²) in [5.41, 5.74) is 7.12. The smallest absolute Gasteiger partial charge is 0.281 e. The second-order valence-electron chi connectivity index (χ2n) is 9.00. The Kier molecular flexibility index (Phi) is 7.91. The summed E-state index contributed by atoms with van der Waals surface area (Å²) < 4.78 is 33.6. The lowest BCUT2D eigenvalue weighted by atomic mass is 9.96. The first-order valence-electron chi connectivity index (χ1n) is 12.4. The van der Waals surface area contributed by atoms with E-state index in [1.807, 2.05) is 37.8 Å². The van der Waals surface area contributed by atoms with Gasteiger partial charge in [0.1, 0.15) is 17.7 Å². The fraction of sp³-hybridized carbons (Fsp3) is 0.385. The van der Waals surface area contributed by atoms with Gasteiger partial charge >= 0.3 is 0 Å². The zero-order valence-electron chi connectivity index (χ0n) is 21.2. The van der Waals surface area contributed by atoms with Crippen molar-refractivity contribution in [1.82, 2.24) is 19.7 Å². The first-order chi connectivity index (χ1) is 17.7. The molecular formula is C26H32N6O4S. The molecule has 0 spiro atoms. The predicted octanol–water partition coefficient (Wildman–Crippen LogP) is 3.80. The van der Waals surface area contributed by atoms with Crippen LogP contribution in [0.5, 0.6) is 5.88 Å². The number of sulfonamides is 1. The summed E-state index contributed by atoms with van der Waals surface area (Å²) in [4.78, 5) is 28.3. The molecule has 1 saturated carbocycles. The number of pyridine rings is 3. The fourth-order valence-electron chi connectivity index (χ4n) is 3.97. The highest BCUT2D eigenvalue weighted by Crippen LogP contribution is 2.29. The molecule has 1 aliphatic carbocycles. The van der Waals surface area contributed by atoms with E-state index in [0.29, 0.717) is 23.9 Å². The van der Waals surface area contributed by atoms with E-state index in [1.54, 1.807) is 18.3 Å². The molecule has 3 heterocycles. The minimum absolute atomic E-state index is 0.0358. The van der Waals surface area contributed by atoms with Gasteiger partial charge in [0.25, 0.3) is 15.9 Å². The van der Waals surface area contributed by atoms with Crippen LogP contribution < -0.4 is 20.1 Å². The van der Waals surface area contributed by atoms with E-state index < -0.39 is 15.9 Å². The number of carbonyl (C=O) groups is 1. The second-order valence-corrected chi connectivity index (χ2v) is 10.6. The summed E-state index contributed by atoms with van der Waals surface area (Å²) >= 11 is 0. The van der Waals surface area contributed by atoms with Gasteiger partial charge in [-0.1, -0.05) is 13.0 Å². The van der Waals surface area contributed by atoms with Crippen LogP contribution in [-0.4, -0.2) is 48.0 Å². The Morgan fingerprint density at radius 1 is 1.16 bits per heavy atom. The molecular weight excluding hydrogens is 492 g/mol. The van der Waals surface area contributed by atoms with Crippen molar-refractivity contribution >= 4 is 27.6 Å². The number of nitrogen functional groups attached to an aromatic ring is 1. The Bertz CT molecular complexity index is 1360. The van der Waals surface area contributed by atoms with Gasteiger partial charge in [0.2, 0.25) is 5.88 Å². The third-order valence-electron chi connectivity index (χ3n) is 6.47. The quantitative estimate of drug-likeness (QED) is 0.405. The van der Waals surface area contributed by atoms with Crippen molar-refractivity contribution in [3.05, 3.63) is 54.2 Å². The van der Waals surface area contributed by atoms with Crippen LogP contribution in [0.2, 0.25) is 0 Å². The molecule has 0 saturated heterocycles. The molecule has 1 unspecified atom stereocenters. The van der Waals surface area contributed by atoms with Gasteiger partial charge in [-0.25, -0.2) is 19.7 Å². The van der Waals surface area contributed by atoms with Crippen LogP contribution >= 0.6 is 0 Å². The molecule has 10 nitrogen and oxygen atoms in total. The molecule has 3 aromatic rings. The Labute approximate surface area is 217 Å². The van der Waals surface area contributed by atoms with E-state index in [9.17, 15) is 13.2 Å². The third-order valence-corrected chi connectivity index (χ3v) is 7.71. The lowest BCUT2D eigenvalue weighted by Gasteiger charge is -2.30. The molecule has 3 N–H and O–H groups in total. The van der Waals surface area contributed by atoms with Crippen LogP contribution in [0.3, 0.4) is 0 Å². The maximum absolute atomic E-state index is 13.3. The van der Waals surface area contributed by atoms with Crippen LogP contribution in [-0.2, 0) is 10.0 Å². The Hall–Kier alpha value is -3.73. The van der Waals surface area contributed by atoms with E-state index in [0.717, 1.165) is 24.8 Å². The maximum Gasteiger partial charge on any atom is 0.281 e. The van der Waals surface area contributed by atoms with E-state index in [2.05, 4.69) is 14.7 Å². The van der Waals surface area contributed by atoms with E-state index in [1.165, 1.54) is 24.6 Å². The predicted molar refractivity (Wildman–Crippen MR) is 142 cm³/mol. The lowest BCUT2D eigenvalue weighted by molar-refractivity contribution is 0.0981. The van der Waals surface area contributed by atoms with Gasteiger partial charge in [-0.2, -0.15) is 8.42 Å². The van der Waals surface area contributed by atoms with Crippen LogP contribution in [0.25, 0.3) is 11.3 Å². The summed E-state index contributed by atoms with van der Waals surface area (Å²) in [5.74, 6) is 0.188. The number of aromatic nitrogens is 3. The van der Waals surface area contributed by atoms with Gasteiger partial charge in [-0.05, 0) is 69.9 Å². The summed E-state index contributed by atoms with van der Waals surface area (Å²) in [6.45, 7) is 6.60. The highest BCUT2D eigenvalue weighted by Gasteiger charge is 2.26. The topological polar surface area (TPSA) is 140 Å². The molecule has 1 amide bonds. The first kappa shape index (κ1) is 26.3. The molecule has 0 aromatic carbocycles. The first-order valence-corrected chi connectivity index (χ1v) is 13.9. The fourth-order valence-corrected chi connectivity index (χ4v) is 4.91. The molecule has 4 rings (SSSR count). The Balaban J connectivity index is 1.67. The summed E-state index contributed by atoms with van der Waals surface area (Å²) in [6, 6.07) is 11.2. The van der Waals surface area contributed by atoms with Gasteiger partial charge < -0.3 is 15.4 Å². The van der Waals surface area contributed by atoms with Crippen molar-refractivity contribution in [2.24, 2.45) is 0 Å². The van der Waals surface area contributed by atoms with Gasteiger partial charge in [0, 0.05) is 30.4 Å². The van der Waals surface area contributed by atoms with Crippen molar-refractivity contribution in [3.8, 4) is 17.1 Å². The number of ether oxygens (including phenoxy) is 1. The Morgan fingerprint density at radius 2 is 1.95 bits per heavy atom. The van der Waals surface area contributed by atoms with Crippen molar-refractivity contribution in [2.75, 3.05) is 17.2 Å². The molecule has 0 radical (unpaired) electrons. The number of nitrogens with zero attached hydrogens (tertiary/aromatic N) is 4. The molecule has 1 aliphatic rings. The molecule has 3 aromatic heterocycles. The maximum atomic E-state index is 13.3. The largest absolute Gasteiger partial charge is 0.474 e. The number of hydrogen-bond acceptors (Lipinski definition) is 9. The number of carbonyl (C=O) groups excluding carboxylic acids is 1. The Morgan fingerprint density at radius 3 is 2.54 bits per heavy atom. The van der Waals surface area contributed by atoms with Crippen molar-refractivity contribution in [3.63, 3.8) is 0 Å². The van der Waals surface area contributed by atoms with Gasteiger partial charge in [-0.15, -0.1) is 0 Å². The SMILES string of the molecule is CCC(C)N(CC)c1nc(-c2ccc(OC3CCC3)nc2)ccc1C(=O)NS(=O)(=O)c1cccc(N)n1. The summed E-state index contributed by atoms with van der Waals surface area (Å²) in [5, 5.41) is -0.337. The van der Waals surface area contributed by atoms with Crippen LogP contribution in [0.15, 0.2) is 53.7 Å². The van der Waals surface area contributed by atoms with Crippen LogP contribution in [0.1, 0.15) is 56.8 Å². The molecule has 11 heteroatoms. The number of hydrogen-bond donors (Lipinski definition) is 2. The summed E-state index contributed by atoms with van der Waals surface area (Å²) in [6.07, 6.45) is 5.99. The number of amides is 1. The summed E-state index contributed by atoms with van der Waals surface area (Å²) in [7, 11) is -4.24. The molecule has 1 fully saturated rings. The van der Waals surface area contributed by atoms with Crippen molar-refractivity contribution < 1.29 is 17.9 Å². The van der Waals surface area contributed by atoms with E-state index in [4.69, 9.17) is 15.5 Å². The molecule has 37 heavy (non-hydrogen) atoms. The average Bonchev–Trinajstić information content (AvgIpc) is 2.86. The zero-order valence-corrected chi connectivity index (χ0v) is 22.0. The zero-order chi connectivity index (χ0) is 26.6. The number of anilines is 2. The van der Waals surface area contributed by atoms with E-state index >= 15 is 0 Å². The number of rotatable bonds is 10. The minimum Gasteiger partial charge on any atom is -0.474 e. The standard InChI is InChI=1S/C26H32N6O4S/c1-4-17(3)32(5-2)25-20(26(33)31-37(34,35)24-11-7-10-22(27)30-24)13-14-21(29-25)18-12-15-23(28-16-18)36-19-8-6-9-19/h7,10-17,19H,4-6,8-9H2,1-3H3,(H2,27,30)(H,31,33). The third kappa shape index (κ3) is 5.99. The molecule has 196 valence electrons. The van der Waals surface area contributed by atoms with E-state index in [-0.39, 0.29) is 28.6 Å². The highest BCUT2D eigenvalue weighted by atomic mass is 32.2. The molecule has 1 atom stereocenters. The van der Waals surface area contributed by atoms with Crippen LogP contribution in [0.4, 0.5) is 11.6 Å². The number of nitrogens with two attached hydrogens (primary N) is 1. The van der Waals surface area contributed by atoms with Crippen molar-refractivity contribution in [1.29, 1.82) is 0 Å². The molecule has 0 aliphatic heterocycles. The highest BCUT2D eigenvalue weighted by molar-refractivity contribution is 7.90. The minimum atomic E-state index is -4.24. The van der Waals surface area contributed by atoms with Crippen molar-refractivity contribution in [2.45, 2.75) is 63.6 Å². The monoisotopic (exact) mass is 524 g/mol. The van der Waals surface area contributed by atoms with Gasteiger partial charge in [-0.3, -0.25) is 4.79 Å². The van der Waals surface area contributed by atoms with Gasteiger partial charge in [0.15, 0.2) is 5.03 Å². The number of nitrogens with one attached hydrogen (secondary N) is 1. The normalized spacial score (nSPS) is 14.5. The van der Waals surface area contributed by atoms with Crippen LogP contribution in [0, 0.1) is 0 Å².